The van der Waals surface area contributed by atoms with Crippen molar-refractivity contribution < 1.29 is 9.53 Å². The van der Waals surface area contributed by atoms with E-state index in [1.807, 2.05) is 4.90 Å². The van der Waals surface area contributed by atoms with Crippen molar-refractivity contribution in [3.05, 3.63) is 23.9 Å². The zero-order valence-electron chi connectivity index (χ0n) is 10.7. The third-order valence-electron chi connectivity index (χ3n) is 3.40. The molecule has 0 bridgehead atoms. The summed E-state index contributed by atoms with van der Waals surface area (Å²) in [5.41, 5.74) is 1.19. The highest BCUT2D eigenvalue weighted by molar-refractivity contribution is 5.95. The molecule has 100 valence electrons. The number of rotatable bonds is 2. The van der Waals surface area contributed by atoms with E-state index in [9.17, 15) is 4.79 Å². The predicted molar refractivity (Wildman–Crippen MR) is 66.7 cm³/mol. The average Bonchev–Trinajstić information content (AvgIpc) is 2.93. The van der Waals surface area contributed by atoms with Crippen LogP contribution in [0.3, 0.4) is 0 Å². The Morgan fingerprint density at radius 2 is 2.47 bits per heavy atom. The lowest BCUT2D eigenvalue weighted by atomic mass is 10.1. The standard InChI is InChI=1S/C12H15N5O2/c1-2-10-8-19-6-5-16(10)12(18)9-3-4-17-11(7-9)13-14-15-17/h3-4,7,10H,2,5-6,8H2,1H3/t10-/m0/s1. The molecule has 2 aromatic rings. The van der Waals surface area contributed by atoms with E-state index in [0.717, 1.165) is 6.42 Å². The second kappa shape index (κ2) is 4.93. The van der Waals surface area contributed by atoms with Crippen molar-refractivity contribution in [3.63, 3.8) is 0 Å². The molecular weight excluding hydrogens is 246 g/mol. The van der Waals surface area contributed by atoms with Crippen molar-refractivity contribution in [2.24, 2.45) is 0 Å². The lowest BCUT2D eigenvalue weighted by Gasteiger charge is -2.35. The summed E-state index contributed by atoms with van der Waals surface area (Å²) in [7, 11) is 0. The highest BCUT2D eigenvalue weighted by atomic mass is 16.5. The Morgan fingerprint density at radius 1 is 1.58 bits per heavy atom. The van der Waals surface area contributed by atoms with Crippen LogP contribution < -0.4 is 0 Å². The molecule has 1 amide bonds. The first-order valence-corrected chi connectivity index (χ1v) is 6.36. The molecule has 0 unspecified atom stereocenters. The van der Waals surface area contributed by atoms with Crippen molar-refractivity contribution in [2.75, 3.05) is 19.8 Å². The Morgan fingerprint density at radius 3 is 3.32 bits per heavy atom. The van der Waals surface area contributed by atoms with E-state index in [4.69, 9.17) is 4.74 Å². The Kier molecular flexibility index (Phi) is 3.12. The minimum absolute atomic E-state index is 0.0145. The summed E-state index contributed by atoms with van der Waals surface area (Å²) in [4.78, 5) is 14.4. The van der Waals surface area contributed by atoms with Crippen LogP contribution in [0.1, 0.15) is 23.7 Å². The normalized spacial score (nSPS) is 19.8. The van der Waals surface area contributed by atoms with Gasteiger partial charge in [0.15, 0.2) is 5.65 Å². The van der Waals surface area contributed by atoms with E-state index in [2.05, 4.69) is 22.4 Å². The van der Waals surface area contributed by atoms with Gasteiger partial charge < -0.3 is 9.64 Å². The van der Waals surface area contributed by atoms with Crippen molar-refractivity contribution >= 4 is 11.6 Å². The first-order valence-electron chi connectivity index (χ1n) is 6.36. The number of aromatic nitrogens is 4. The highest BCUT2D eigenvalue weighted by Crippen LogP contribution is 2.15. The van der Waals surface area contributed by atoms with Gasteiger partial charge in [0.05, 0.1) is 19.3 Å². The number of nitrogens with zero attached hydrogens (tertiary/aromatic N) is 5. The quantitative estimate of drug-likeness (QED) is 0.781. The van der Waals surface area contributed by atoms with Crippen LogP contribution in [0.2, 0.25) is 0 Å². The fourth-order valence-electron chi connectivity index (χ4n) is 2.30. The number of amides is 1. The number of tetrazole rings is 1. The molecule has 7 heteroatoms. The number of hydrogen-bond donors (Lipinski definition) is 0. The smallest absolute Gasteiger partial charge is 0.254 e. The zero-order chi connectivity index (χ0) is 13.2. The van der Waals surface area contributed by atoms with Crippen molar-refractivity contribution in [3.8, 4) is 0 Å². The second-order valence-electron chi connectivity index (χ2n) is 4.53. The van der Waals surface area contributed by atoms with E-state index in [-0.39, 0.29) is 11.9 Å². The Hall–Kier alpha value is -2.02. The fraction of sp³-hybridized carbons (Fsp3) is 0.500. The van der Waals surface area contributed by atoms with Gasteiger partial charge in [0.25, 0.3) is 5.91 Å². The molecule has 0 radical (unpaired) electrons. The van der Waals surface area contributed by atoms with Crippen LogP contribution in [0, 0.1) is 0 Å². The summed E-state index contributed by atoms with van der Waals surface area (Å²) in [5, 5.41) is 11.2. The number of pyridine rings is 1. The minimum Gasteiger partial charge on any atom is -0.377 e. The maximum absolute atomic E-state index is 12.5. The molecular formula is C12H15N5O2. The molecule has 1 saturated heterocycles. The molecule has 1 atom stereocenters. The van der Waals surface area contributed by atoms with Crippen LogP contribution in [0.4, 0.5) is 0 Å². The van der Waals surface area contributed by atoms with Gasteiger partial charge in [0.2, 0.25) is 0 Å². The van der Waals surface area contributed by atoms with Crippen molar-refractivity contribution in [1.29, 1.82) is 0 Å². The third kappa shape index (κ3) is 2.17. The summed E-state index contributed by atoms with van der Waals surface area (Å²) in [6.07, 6.45) is 2.59. The maximum atomic E-state index is 12.5. The molecule has 2 aromatic heterocycles. The molecule has 3 heterocycles. The Balaban J connectivity index is 1.89. The Bertz CT molecular complexity index is 597. The first kappa shape index (κ1) is 12.0. The maximum Gasteiger partial charge on any atom is 0.254 e. The van der Waals surface area contributed by atoms with Gasteiger partial charge in [-0.1, -0.05) is 6.92 Å². The van der Waals surface area contributed by atoms with Gasteiger partial charge in [-0.25, -0.2) is 4.52 Å². The number of carbonyl (C=O) groups is 1. The molecule has 1 aliphatic heterocycles. The summed E-state index contributed by atoms with van der Waals surface area (Å²) < 4.78 is 6.95. The molecule has 7 nitrogen and oxygen atoms in total. The van der Waals surface area contributed by atoms with Crippen LogP contribution >= 0.6 is 0 Å². The van der Waals surface area contributed by atoms with E-state index in [1.165, 1.54) is 4.52 Å². The van der Waals surface area contributed by atoms with E-state index >= 15 is 0 Å². The lowest BCUT2D eigenvalue weighted by molar-refractivity contribution is -0.00279. The number of morpholine rings is 1. The summed E-state index contributed by atoms with van der Waals surface area (Å²) in [5.74, 6) is 0.0145. The molecule has 1 fully saturated rings. The molecule has 0 spiro atoms. The zero-order valence-corrected chi connectivity index (χ0v) is 10.7. The van der Waals surface area contributed by atoms with Gasteiger partial charge in [0.1, 0.15) is 0 Å². The highest BCUT2D eigenvalue weighted by Gasteiger charge is 2.26. The number of carbonyl (C=O) groups excluding carboxylic acids is 1. The molecule has 3 rings (SSSR count). The Labute approximate surface area is 110 Å². The third-order valence-corrected chi connectivity index (χ3v) is 3.40. The van der Waals surface area contributed by atoms with Crippen LogP contribution in [0.5, 0.6) is 0 Å². The topological polar surface area (TPSA) is 72.6 Å². The second-order valence-corrected chi connectivity index (χ2v) is 4.53. The van der Waals surface area contributed by atoms with Gasteiger partial charge >= 0.3 is 0 Å². The molecule has 1 aliphatic rings. The monoisotopic (exact) mass is 261 g/mol. The van der Waals surface area contributed by atoms with E-state index in [1.54, 1.807) is 18.3 Å². The van der Waals surface area contributed by atoms with Gasteiger partial charge in [-0.2, -0.15) is 0 Å². The van der Waals surface area contributed by atoms with Crippen LogP contribution in [-0.2, 0) is 4.74 Å². The van der Waals surface area contributed by atoms with E-state index < -0.39 is 0 Å². The number of fused-ring (bicyclic) bond motifs is 1. The molecule has 19 heavy (non-hydrogen) atoms. The predicted octanol–water partition coefficient (Wildman–Crippen LogP) is 0.375. The van der Waals surface area contributed by atoms with Gasteiger partial charge in [-0.3, -0.25) is 4.79 Å². The lowest BCUT2D eigenvalue weighted by Crippen LogP contribution is -2.48. The van der Waals surface area contributed by atoms with Crippen LogP contribution in [0.25, 0.3) is 5.65 Å². The van der Waals surface area contributed by atoms with Gasteiger partial charge in [-0.15, -0.1) is 5.10 Å². The van der Waals surface area contributed by atoms with Crippen LogP contribution in [-0.4, -0.2) is 56.6 Å². The fourth-order valence-corrected chi connectivity index (χ4v) is 2.30. The molecule has 0 saturated carbocycles. The van der Waals surface area contributed by atoms with Crippen LogP contribution in [0.15, 0.2) is 18.3 Å². The molecule has 0 aromatic carbocycles. The summed E-state index contributed by atoms with van der Waals surface area (Å²) in [6.45, 7) is 3.90. The minimum atomic E-state index is 0.0145. The van der Waals surface area contributed by atoms with Gasteiger partial charge in [-0.05, 0) is 29.0 Å². The number of hydrogen-bond acceptors (Lipinski definition) is 5. The summed E-state index contributed by atoms with van der Waals surface area (Å²) >= 11 is 0. The average molecular weight is 261 g/mol. The molecule has 0 N–H and O–H groups in total. The van der Waals surface area contributed by atoms with Gasteiger partial charge in [0, 0.05) is 18.3 Å². The summed E-state index contributed by atoms with van der Waals surface area (Å²) in [6, 6.07) is 3.60. The molecule has 0 aliphatic carbocycles. The largest absolute Gasteiger partial charge is 0.377 e. The first-order chi connectivity index (χ1) is 9.29. The number of ether oxygens (including phenoxy) is 1. The van der Waals surface area contributed by atoms with E-state index in [0.29, 0.717) is 31.0 Å². The van der Waals surface area contributed by atoms with Crippen molar-refractivity contribution in [1.82, 2.24) is 24.9 Å². The van der Waals surface area contributed by atoms with Crippen molar-refractivity contribution in [2.45, 2.75) is 19.4 Å². The SMILES string of the molecule is CC[C@H]1COCCN1C(=O)c1ccn2nnnc2c1.